The lowest BCUT2D eigenvalue weighted by atomic mass is 9.94. The van der Waals surface area contributed by atoms with Crippen LogP contribution in [-0.2, 0) is 10.7 Å². The topological polar surface area (TPSA) is 85.2 Å². The monoisotopic (exact) mass is 448 g/mol. The first-order chi connectivity index (χ1) is 15.2. The van der Waals surface area contributed by atoms with E-state index < -0.39 is 41.7 Å². The van der Waals surface area contributed by atoms with Gasteiger partial charge >= 0.3 is 6.03 Å². The Morgan fingerprint density at radius 3 is 2.25 bits per heavy atom. The maximum atomic E-state index is 14.7. The molecule has 3 fully saturated rings. The number of amides is 3. The first-order valence-electron chi connectivity index (χ1n) is 11.1. The third-order valence-electron chi connectivity index (χ3n) is 7.02. The molecule has 1 unspecified atom stereocenters. The molecule has 1 aliphatic heterocycles. The van der Waals surface area contributed by atoms with Gasteiger partial charge in [-0.1, -0.05) is 12.1 Å². The lowest BCUT2D eigenvalue weighted by Gasteiger charge is -2.33. The quantitative estimate of drug-likeness (QED) is 0.665. The Hall–Kier alpha value is -2.76. The standard InChI is InChI=1S/C23H27F3N4O2/c24-17-3-1-16(2-4-17)23(25,26)6-5-18(19(31)29-22(15-27)9-10-22)28-20(32)30-13-11-21(7-8-21)12-14-30/h1-4,18H,5-14H2,(H,28,32)(H,29,31). The maximum Gasteiger partial charge on any atom is 0.318 e. The average molecular weight is 448 g/mol. The molecule has 1 spiro atoms. The fourth-order valence-corrected chi connectivity index (χ4v) is 4.25. The smallest absolute Gasteiger partial charge is 0.318 e. The average Bonchev–Trinajstić information content (AvgIpc) is 3.70. The molecule has 4 rings (SSSR count). The summed E-state index contributed by atoms with van der Waals surface area (Å²) < 4.78 is 42.5. The van der Waals surface area contributed by atoms with Crippen LogP contribution in [0.1, 0.15) is 56.9 Å². The number of nitriles is 1. The van der Waals surface area contributed by atoms with Crippen molar-refractivity contribution in [3.63, 3.8) is 0 Å². The van der Waals surface area contributed by atoms with Gasteiger partial charge in [0.25, 0.3) is 5.92 Å². The number of rotatable bonds is 7. The van der Waals surface area contributed by atoms with Crippen LogP contribution in [0, 0.1) is 22.6 Å². The number of urea groups is 1. The van der Waals surface area contributed by atoms with Crippen LogP contribution in [0.15, 0.2) is 24.3 Å². The molecule has 0 bridgehead atoms. The lowest BCUT2D eigenvalue weighted by Crippen LogP contribution is -2.54. The fraction of sp³-hybridized carbons (Fsp3) is 0.609. The Morgan fingerprint density at radius 1 is 1.09 bits per heavy atom. The molecule has 1 atom stereocenters. The second-order valence-electron chi connectivity index (χ2n) is 9.42. The van der Waals surface area contributed by atoms with Gasteiger partial charge in [-0.15, -0.1) is 0 Å². The molecule has 9 heteroatoms. The number of likely N-dealkylation sites (tertiary alicyclic amines) is 1. The summed E-state index contributed by atoms with van der Waals surface area (Å²) >= 11 is 0. The van der Waals surface area contributed by atoms with Crippen molar-refractivity contribution in [3.05, 3.63) is 35.6 Å². The van der Waals surface area contributed by atoms with Crippen LogP contribution in [-0.4, -0.2) is 41.5 Å². The summed E-state index contributed by atoms with van der Waals surface area (Å²) in [5, 5.41) is 14.5. The van der Waals surface area contributed by atoms with E-state index in [1.165, 1.54) is 12.8 Å². The van der Waals surface area contributed by atoms with Crippen molar-refractivity contribution in [1.82, 2.24) is 15.5 Å². The second kappa shape index (κ2) is 8.30. The SMILES string of the molecule is N#CC1(NC(=O)C(CCC(F)(F)c2ccc(F)cc2)NC(=O)N2CCC3(CC2)CC3)CC1. The molecule has 172 valence electrons. The predicted octanol–water partition coefficient (Wildman–Crippen LogP) is 3.82. The Labute approximate surface area is 185 Å². The van der Waals surface area contributed by atoms with Crippen LogP contribution in [0.25, 0.3) is 0 Å². The number of nitrogens with zero attached hydrogens (tertiary/aromatic N) is 2. The van der Waals surface area contributed by atoms with Gasteiger partial charge in [-0.3, -0.25) is 4.79 Å². The van der Waals surface area contributed by atoms with E-state index in [2.05, 4.69) is 10.6 Å². The summed E-state index contributed by atoms with van der Waals surface area (Å²) in [7, 11) is 0. The summed E-state index contributed by atoms with van der Waals surface area (Å²) in [6.07, 6.45) is 4.16. The van der Waals surface area contributed by atoms with E-state index in [9.17, 15) is 28.0 Å². The molecule has 1 heterocycles. The number of hydrogen-bond acceptors (Lipinski definition) is 3. The van der Waals surface area contributed by atoms with Crippen molar-refractivity contribution >= 4 is 11.9 Å². The van der Waals surface area contributed by atoms with E-state index in [0.29, 0.717) is 31.3 Å². The summed E-state index contributed by atoms with van der Waals surface area (Å²) in [5.74, 6) is -4.55. The third kappa shape index (κ3) is 5.00. The number of halogens is 3. The number of carbonyl (C=O) groups is 2. The van der Waals surface area contributed by atoms with Crippen LogP contribution < -0.4 is 10.6 Å². The number of hydrogen-bond donors (Lipinski definition) is 2. The highest BCUT2D eigenvalue weighted by Crippen LogP contribution is 2.53. The van der Waals surface area contributed by atoms with Gasteiger partial charge in [-0.05, 0) is 62.5 Å². The molecule has 0 aromatic heterocycles. The fourth-order valence-electron chi connectivity index (χ4n) is 4.25. The van der Waals surface area contributed by atoms with Gasteiger partial charge in [0.1, 0.15) is 17.4 Å². The Balaban J connectivity index is 1.41. The van der Waals surface area contributed by atoms with Gasteiger partial charge in [0.05, 0.1) is 6.07 Å². The van der Waals surface area contributed by atoms with Gasteiger partial charge < -0.3 is 15.5 Å². The van der Waals surface area contributed by atoms with Crippen LogP contribution in [0.3, 0.4) is 0 Å². The molecule has 6 nitrogen and oxygen atoms in total. The molecule has 1 saturated heterocycles. The van der Waals surface area contributed by atoms with E-state index in [-0.39, 0.29) is 12.0 Å². The lowest BCUT2D eigenvalue weighted by molar-refractivity contribution is -0.124. The highest BCUT2D eigenvalue weighted by molar-refractivity contribution is 5.88. The first-order valence-corrected chi connectivity index (χ1v) is 11.1. The largest absolute Gasteiger partial charge is 0.336 e. The third-order valence-corrected chi connectivity index (χ3v) is 7.02. The minimum Gasteiger partial charge on any atom is -0.336 e. The maximum absolute atomic E-state index is 14.7. The van der Waals surface area contributed by atoms with Crippen LogP contribution in [0.4, 0.5) is 18.0 Å². The molecule has 2 saturated carbocycles. The first kappa shape index (κ1) is 22.4. The molecule has 1 aromatic rings. The zero-order chi connectivity index (χ0) is 23.0. The van der Waals surface area contributed by atoms with Crippen molar-refractivity contribution in [2.75, 3.05) is 13.1 Å². The zero-order valence-electron chi connectivity index (χ0n) is 17.8. The summed E-state index contributed by atoms with van der Waals surface area (Å²) in [6.45, 7) is 1.15. The zero-order valence-corrected chi connectivity index (χ0v) is 17.8. The van der Waals surface area contributed by atoms with Crippen LogP contribution in [0.2, 0.25) is 0 Å². The highest BCUT2D eigenvalue weighted by Gasteiger charge is 2.47. The van der Waals surface area contributed by atoms with E-state index in [1.54, 1.807) is 4.90 Å². The van der Waals surface area contributed by atoms with Gasteiger partial charge in [-0.2, -0.15) is 5.26 Å². The molecule has 32 heavy (non-hydrogen) atoms. The van der Waals surface area contributed by atoms with Crippen molar-refractivity contribution < 1.29 is 22.8 Å². The van der Waals surface area contributed by atoms with Gasteiger partial charge in [0, 0.05) is 25.1 Å². The molecule has 2 aliphatic carbocycles. The summed E-state index contributed by atoms with van der Waals surface area (Å²) in [6, 6.07) is 4.33. The predicted molar refractivity (Wildman–Crippen MR) is 110 cm³/mol. The van der Waals surface area contributed by atoms with Crippen LogP contribution in [0.5, 0.6) is 0 Å². The number of piperidine rings is 1. The molecular formula is C23H27F3N4O2. The summed E-state index contributed by atoms with van der Waals surface area (Å²) in [4.78, 5) is 27.2. The normalized spacial score (nSPS) is 21.4. The van der Waals surface area contributed by atoms with Gasteiger partial charge in [0.2, 0.25) is 5.91 Å². The van der Waals surface area contributed by atoms with Crippen LogP contribution >= 0.6 is 0 Å². The van der Waals surface area contributed by atoms with E-state index >= 15 is 0 Å². The van der Waals surface area contributed by atoms with Crippen molar-refractivity contribution in [3.8, 4) is 6.07 Å². The van der Waals surface area contributed by atoms with Gasteiger partial charge in [0.15, 0.2) is 0 Å². The highest BCUT2D eigenvalue weighted by atomic mass is 19.3. The minimum atomic E-state index is -3.30. The molecule has 1 aromatic carbocycles. The Morgan fingerprint density at radius 2 is 1.72 bits per heavy atom. The molecule has 2 N–H and O–H groups in total. The van der Waals surface area contributed by atoms with E-state index in [0.717, 1.165) is 37.1 Å². The number of alkyl halides is 2. The number of benzene rings is 1. The van der Waals surface area contributed by atoms with E-state index in [1.807, 2.05) is 6.07 Å². The summed E-state index contributed by atoms with van der Waals surface area (Å²) in [5.41, 5.74) is -0.954. The van der Waals surface area contributed by atoms with E-state index in [4.69, 9.17) is 0 Å². The number of carbonyl (C=O) groups excluding carboxylic acids is 2. The van der Waals surface area contributed by atoms with Crippen molar-refractivity contribution in [1.29, 1.82) is 5.26 Å². The van der Waals surface area contributed by atoms with Crippen molar-refractivity contribution in [2.45, 2.75) is 68.9 Å². The van der Waals surface area contributed by atoms with Gasteiger partial charge in [-0.25, -0.2) is 18.0 Å². The molecule has 3 amide bonds. The molecule has 3 aliphatic rings. The minimum absolute atomic E-state index is 0.318. The number of nitrogens with one attached hydrogen (secondary N) is 2. The Bertz CT molecular complexity index is 910. The molecule has 0 radical (unpaired) electrons. The second-order valence-corrected chi connectivity index (χ2v) is 9.42. The van der Waals surface area contributed by atoms with Crippen molar-refractivity contribution in [2.24, 2.45) is 5.41 Å². The Kier molecular flexibility index (Phi) is 5.82. The molecular weight excluding hydrogens is 421 g/mol.